The lowest BCUT2D eigenvalue weighted by atomic mass is 10.1. The molecule has 0 amide bonds. The molecule has 0 aliphatic rings. The van der Waals surface area contributed by atoms with Crippen LogP contribution in [-0.2, 0) is 14.3 Å². The molecule has 0 spiro atoms. The van der Waals surface area contributed by atoms with E-state index in [1.54, 1.807) is 6.92 Å². The van der Waals surface area contributed by atoms with Crippen LogP contribution in [0.15, 0.2) is 17.7 Å². The molecule has 0 fully saturated rings. The summed E-state index contributed by atoms with van der Waals surface area (Å²) in [7, 11) is 2.77. The fourth-order valence-electron chi connectivity index (χ4n) is 1.62. The third-order valence-corrected chi connectivity index (χ3v) is 2.56. The first-order valence-corrected chi connectivity index (χ1v) is 6.16. The zero-order chi connectivity index (χ0) is 16.0. The Morgan fingerprint density at radius 3 is 2.38 bits per heavy atom. The molecule has 1 heterocycles. The topological polar surface area (TPSA) is 95.0 Å². The molecule has 21 heavy (non-hydrogen) atoms. The molecule has 1 N–H and O–H groups in total. The Labute approximate surface area is 122 Å². The minimum Gasteiger partial charge on any atom is -0.506 e. The fraction of sp³-hybridized carbons (Fsp3) is 0.357. The first-order chi connectivity index (χ1) is 9.96. The molecule has 0 saturated heterocycles. The van der Waals surface area contributed by atoms with Gasteiger partial charge < -0.3 is 19.3 Å². The molecular formula is C14H17NO6. The number of ether oxygens (including phenoxy) is 3. The van der Waals surface area contributed by atoms with Crippen molar-refractivity contribution in [3.63, 3.8) is 0 Å². The molecule has 0 unspecified atom stereocenters. The number of ketones is 1. The first-order valence-electron chi connectivity index (χ1n) is 6.16. The van der Waals surface area contributed by atoms with E-state index in [4.69, 9.17) is 14.2 Å². The van der Waals surface area contributed by atoms with Gasteiger partial charge >= 0.3 is 5.97 Å². The highest BCUT2D eigenvalue weighted by molar-refractivity contribution is 6.21. The highest BCUT2D eigenvalue weighted by Crippen LogP contribution is 2.27. The Morgan fingerprint density at radius 2 is 1.90 bits per heavy atom. The predicted molar refractivity (Wildman–Crippen MR) is 74.2 cm³/mol. The maximum atomic E-state index is 11.8. The quantitative estimate of drug-likeness (QED) is 0.279. The van der Waals surface area contributed by atoms with Crippen LogP contribution in [0.4, 0.5) is 0 Å². The van der Waals surface area contributed by atoms with Crippen molar-refractivity contribution >= 4 is 17.5 Å². The van der Waals surface area contributed by atoms with Crippen molar-refractivity contribution in [3.8, 4) is 11.8 Å². The van der Waals surface area contributed by atoms with Crippen molar-refractivity contribution in [2.24, 2.45) is 0 Å². The maximum absolute atomic E-state index is 11.8. The van der Waals surface area contributed by atoms with E-state index in [1.807, 2.05) is 0 Å². The molecule has 1 aromatic heterocycles. The third kappa shape index (κ3) is 3.71. The number of aromatic nitrogens is 1. The number of aliphatic hydroxyl groups excluding tert-OH is 1. The summed E-state index contributed by atoms with van der Waals surface area (Å²) < 4.78 is 14.7. The van der Waals surface area contributed by atoms with E-state index < -0.39 is 23.1 Å². The molecule has 7 heteroatoms. The second-order valence-corrected chi connectivity index (χ2v) is 3.91. The highest BCUT2D eigenvalue weighted by Gasteiger charge is 2.25. The number of rotatable bonds is 6. The average molecular weight is 295 g/mol. The summed E-state index contributed by atoms with van der Waals surface area (Å²) in [5.74, 6) is -1.78. The van der Waals surface area contributed by atoms with Gasteiger partial charge in [0.05, 0.1) is 26.4 Å². The minimum atomic E-state index is -0.902. The van der Waals surface area contributed by atoms with Crippen LogP contribution in [0.2, 0.25) is 0 Å². The summed E-state index contributed by atoms with van der Waals surface area (Å²) in [5, 5.41) is 10.2. The molecule has 0 aliphatic heterocycles. The van der Waals surface area contributed by atoms with Gasteiger partial charge in [-0.2, -0.15) is 4.98 Å². The van der Waals surface area contributed by atoms with Gasteiger partial charge in [0.25, 0.3) is 0 Å². The third-order valence-electron chi connectivity index (χ3n) is 2.56. The second-order valence-electron chi connectivity index (χ2n) is 3.91. The largest absolute Gasteiger partial charge is 0.506 e. The lowest BCUT2D eigenvalue weighted by Crippen LogP contribution is -2.16. The van der Waals surface area contributed by atoms with Crippen molar-refractivity contribution in [3.05, 3.63) is 23.3 Å². The number of carbonyl (C=O) groups excluding carboxylic acids is 2. The van der Waals surface area contributed by atoms with Gasteiger partial charge in [0.15, 0.2) is 5.78 Å². The fourth-order valence-corrected chi connectivity index (χ4v) is 1.62. The van der Waals surface area contributed by atoms with E-state index in [0.717, 1.165) is 6.92 Å². The van der Waals surface area contributed by atoms with Gasteiger partial charge in [-0.25, -0.2) is 4.79 Å². The summed E-state index contributed by atoms with van der Waals surface area (Å²) in [6.07, 6.45) is 0. The Morgan fingerprint density at radius 1 is 1.24 bits per heavy atom. The van der Waals surface area contributed by atoms with Crippen LogP contribution in [0.25, 0.3) is 5.76 Å². The number of methoxy groups -OCH3 is 2. The van der Waals surface area contributed by atoms with Crippen LogP contribution in [0.5, 0.6) is 11.8 Å². The van der Waals surface area contributed by atoms with Crippen molar-refractivity contribution in [2.75, 3.05) is 20.8 Å². The monoisotopic (exact) mass is 295 g/mol. The van der Waals surface area contributed by atoms with Crippen LogP contribution >= 0.6 is 0 Å². The van der Waals surface area contributed by atoms with Gasteiger partial charge in [-0.05, 0) is 19.9 Å². The highest BCUT2D eigenvalue weighted by atomic mass is 16.5. The molecule has 0 aromatic carbocycles. The average Bonchev–Trinajstić information content (AvgIpc) is 2.46. The lowest BCUT2D eigenvalue weighted by molar-refractivity contribution is -0.139. The normalized spacial score (nSPS) is 11.4. The lowest BCUT2D eigenvalue weighted by Gasteiger charge is -2.11. The molecule has 0 saturated carbocycles. The zero-order valence-electron chi connectivity index (χ0n) is 12.3. The number of hydrogen-bond donors (Lipinski definition) is 1. The Kier molecular flexibility index (Phi) is 5.71. The molecule has 7 nitrogen and oxygen atoms in total. The van der Waals surface area contributed by atoms with Gasteiger partial charge in [-0.15, -0.1) is 0 Å². The van der Waals surface area contributed by atoms with Crippen LogP contribution in [-0.4, -0.2) is 42.7 Å². The van der Waals surface area contributed by atoms with Crippen molar-refractivity contribution in [2.45, 2.75) is 13.8 Å². The number of carbonyl (C=O) groups is 2. The molecule has 1 aromatic rings. The van der Waals surface area contributed by atoms with Crippen LogP contribution in [0, 0.1) is 0 Å². The summed E-state index contributed by atoms with van der Waals surface area (Å²) in [6.45, 7) is 2.84. The molecule has 0 bridgehead atoms. The second kappa shape index (κ2) is 7.28. The van der Waals surface area contributed by atoms with E-state index in [1.165, 1.54) is 26.4 Å². The van der Waals surface area contributed by atoms with E-state index >= 15 is 0 Å². The van der Waals surface area contributed by atoms with Crippen molar-refractivity contribution in [1.82, 2.24) is 4.98 Å². The minimum absolute atomic E-state index is 0.0231. The summed E-state index contributed by atoms with van der Waals surface area (Å²) in [4.78, 5) is 27.3. The SMILES string of the molecule is CCOC(=O)/C(C(C)=O)=C(\O)c1ccc(OC)nc1OC. The summed E-state index contributed by atoms with van der Waals surface area (Å²) in [5.41, 5.74) is -0.362. The number of aliphatic hydroxyl groups is 1. The van der Waals surface area contributed by atoms with Gasteiger partial charge in [-0.3, -0.25) is 4.79 Å². The number of Topliss-reactive ketones (excluding diaryl/α,β-unsaturated/α-hetero) is 1. The van der Waals surface area contributed by atoms with Crippen LogP contribution < -0.4 is 9.47 Å². The summed E-state index contributed by atoms with van der Waals surface area (Å²) in [6, 6.07) is 2.90. The number of esters is 1. The summed E-state index contributed by atoms with van der Waals surface area (Å²) >= 11 is 0. The molecule has 1 rings (SSSR count). The number of nitrogens with zero attached hydrogens (tertiary/aromatic N) is 1. The van der Waals surface area contributed by atoms with E-state index in [0.29, 0.717) is 0 Å². The standard InChI is InChI=1S/C14H17NO6/c1-5-21-14(18)11(8(2)16)12(17)9-6-7-10(19-3)15-13(9)20-4/h6-7,17H,5H2,1-4H3/b12-11-. The van der Waals surface area contributed by atoms with Crippen LogP contribution in [0.3, 0.4) is 0 Å². The smallest absolute Gasteiger partial charge is 0.345 e. The number of hydrogen-bond acceptors (Lipinski definition) is 7. The Bertz CT molecular complexity index is 579. The molecule has 114 valence electrons. The van der Waals surface area contributed by atoms with E-state index in [9.17, 15) is 14.7 Å². The zero-order valence-corrected chi connectivity index (χ0v) is 12.3. The Balaban J connectivity index is 3.43. The van der Waals surface area contributed by atoms with Gasteiger partial charge in [0.1, 0.15) is 11.3 Å². The van der Waals surface area contributed by atoms with Crippen molar-refractivity contribution in [1.29, 1.82) is 0 Å². The van der Waals surface area contributed by atoms with Gasteiger partial charge in [0, 0.05) is 6.07 Å². The van der Waals surface area contributed by atoms with Gasteiger partial charge in [-0.1, -0.05) is 0 Å². The van der Waals surface area contributed by atoms with Crippen LogP contribution in [0.1, 0.15) is 19.4 Å². The predicted octanol–water partition coefficient (Wildman–Crippen LogP) is 1.52. The van der Waals surface area contributed by atoms with Gasteiger partial charge in [0.2, 0.25) is 11.8 Å². The molecule has 0 atom stereocenters. The van der Waals surface area contributed by atoms with Crippen molar-refractivity contribution < 1.29 is 28.9 Å². The first kappa shape index (κ1) is 16.5. The maximum Gasteiger partial charge on any atom is 0.345 e. The molecular weight excluding hydrogens is 278 g/mol. The number of pyridine rings is 1. The molecule has 0 radical (unpaired) electrons. The van der Waals surface area contributed by atoms with E-state index in [-0.39, 0.29) is 23.9 Å². The molecule has 0 aliphatic carbocycles. The Hall–Kier alpha value is -2.57. The van der Waals surface area contributed by atoms with E-state index in [2.05, 4.69) is 4.98 Å².